The average molecular weight is 300 g/mol. The average Bonchev–Trinajstić information content (AvgIpc) is 2.73. The molecule has 0 bridgehead atoms. The highest BCUT2D eigenvalue weighted by molar-refractivity contribution is 6.30. The fraction of sp³-hybridized carbons (Fsp3) is 0.176. The molecule has 0 N–H and O–H groups in total. The highest BCUT2D eigenvalue weighted by Gasteiger charge is 2.37. The summed E-state index contributed by atoms with van der Waals surface area (Å²) in [6.07, 6.45) is 0.311. The Hall–Kier alpha value is -2.13. The number of ketones is 1. The van der Waals surface area contributed by atoms with Gasteiger partial charge in [-0.2, -0.15) is 0 Å². The van der Waals surface area contributed by atoms with E-state index in [9.17, 15) is 9.59 Å². The molecule has 1 amide bonds. The number of halogens is 1. The number of Topliss-reactive ketones (excluding diaryl/α,β-unsaturated/α-hetero) is 1. The lowest BCUT2D eigenvalue weighted by Gasteiger charge is -2.24. The third-order valence-electron chi connectivity index (χ3n) is 3.67. The molecule has 2 aromatic carbocycles. The Balaban J connectivity index is 2.08. The predicted molar refractivity (Wildman–Crippen MR) is 82.7 cm³/mol. The van der Waals surface area contributed by atoms with Crippen LogP contribution in [0, 0.1) is 0 Å². The van der Waals surface area contributed by atoms with Crippen molar-refractivity contribution in [3.8, 4) is 0 Å². The van der Waals surface area contributed by atoms with Crippen LogP contribution in [0.1, 0.15) is 35.3 Å². The molecule has 2 aromatic rings. The molecule has 21 heavy (non-hydrogen) atoms. The minimum atomic E-state index is -0.243. The Morgan fingerprint density at radius 2 is 1.81 bits per heavy atom. The highest BCUT2D eigenvalue weighted by Crippen LogP contribution is 2.39. The normalized spacial score (nSPS) is 17.0. The zero-order valence-electron chi connectivity index (χ0n) is 11.5. The summed E-state index contributed by atoms with van der Waals surface area (Å²) in [7, 11) is 0. The minimum Gasteiger partial charge on any atom is -0.300 e. The first-order valence-electron chi connectivity index (χ1n) is 6.75. The molecule has 1 aliphatic rings. The molecule has 4 heteroatoms. The van der Waals surface area contributed by atoms with Crippen molar-refractivity contribution < 1.29 is 9.59 Å². The molecule has 0 radical (unpaired) electrons. The van der Waals surface area contributed by atoms with E-state index in [1.165, 1.54) is 0 Å². The maximum atomic E-state index is 12.7. The first-order chi connectivity index (χ1) is 10.1. The van der Waals surface area contributed by atoms with Crippen molar-refractivity contribution in [3.05, 3.63) is 64.7 Å². The van der Waals surface area contributed by atoms with E-state index in [0.717, 1.165) is 11.3 Å². The van der Waals surface area contributed by atoms with Gasteiger partial charge in [-0.25, -0.2) is 0 Å². The third-order valence-corrected chi connectivity index (χ3v) is 3.92. The predicted octanol–water partition coefficient (Wildman–Crippen LogP) is 4.02. The van der Waals surface area contributed by atoms with Crippen LogP contribution in [0.15, 0.2) is 48.5 Å². The summed E-state index contributed by atoms with van der Waals surface area (Å²) >= 11 is 5.91. The number of carbonyl (C=O) groups is 2. The number of fused-ring (bicyclic) bond motifs is 1. The fourth-order valence-electron chi connectivity index (χ4n) is 2.77. The van der Waals surface area contributed by atoms with E-state index < -0.39 is 0 Å². The van der Waals surface area contributed by atoms with Gasteiger partial charge < -0.3 is 4.90 Å². The van der Waals surface area contributed by atoms with Crippen LogP contribution in [0.2, 0.25) is 5.02 Å². The molecule has 0 spiro atoms. The summed E-state index contributed by atoms with van der Waals surface area (Å²) in [4.78, 5) is 25.9. The maximum absolute atomic E-state index is 12.7. The van der Waals surface area contributed by atoms with E-state index in [2.05, 4.69) is 0 Å². The second kappa shape index (κ2) is 5.34. The van der Waals surface area contributed by atoms with Gasteiger partial charge in [0.25, 0.3) is 5.91 Å². The Morgan fingerprint density at radius 3 is 2.48 bits per heavy atom. The smallest absolute Gasteiger partial charge is 0.259 e. The van der Waals surface area contributed by atoms with Gasteiger partial charge in [-0.3, -0.25) is 9.59 Å². The van der Waals surface area contributed by atoms with Crippen molar-refractivity contribution in [3.63, 3.8) is 0 Å². The van der Waals surface area contributed by atoms with Gasteiger partial charge in [0.15, 0.2) is 0 Å². The number of benzene rings is 2. The monoisotopic (exact) mass is 299 g/mol. The topological polar surface area (TPSA) is 37.4 Å². The van der Waals surface area contributed by atoms with E-state index >= 15 is 0 Å². The lowest BCUT2D eigenvalue weighted by atomic mass is 10.0. The van der Waals surface area contributed by atoms with Gasteiger partial charge in [0.2, 0.25) is 0 Å². The molecule has 0 saturated carbocycles. The van der Waals surface area contributed by atoms with Crippen LogP contribution in [0.25, 0.3) is 0 Å². The Bertz CT molecular complexity index is 709. The molecule has 3 nitrogen and oxygen atoms in total. The summed E-state index contributed by atoms with van der Waals surface area (Å²) in [6.45, 7) is 1.55. The van der Waals surface area contributed by atoms with Crippen molar-refractivity contribution in [2.24, 2.45) is 0 Å². The molecular formula is C17H14ClNO2. The molecule has 1 atom stereocenters. The summed E-state index contributed by atoms with van der Waals surface area (Å²) < 4.78 is 0. The number of hydrogen-bond donors (Lipinski definition) is 0. The largest absolute Gasteiger partial charge is 0.300 e. The Labute approximate surface area is 128 Å². The fourth-order valence-corrected chi connectivity index (χ4v) is 2.89. The van der Waals surface area contributed by atoms with Gasteiger partial charge in [-0.05, 0) is 42.8 Å². The molecule has 1 unspecified atom stereocenters. The van der Waals surface area contributed by atoms with Crippen LogP contribution in [0.4, 0.5) is 5.69 Å². The van der Waals surface area contributed by atoms with Crippen LogP contribution < -0.4 is 4.90 Å². The maximum Gasteiger partial charge on any atom is 0.259 e. The molecule has 0 aromatic heterocycles. The molecule has 0 saturated heterocycles. The highest BCUT2D eigenvalue weighted by atomic mass is 35.5. The minimum absolute atomic E-state index is 0.0588. The van der Waals surface area contributed by atoms with Crippen molar-refractivity contribution in [2.75, 3.05) is 4.90 Å². The van der Waals surface area contributed by atoms with Crippen molar-refractivity contribution >= 4 is 29.0 Å². The van der Waals surface area contributed by atoms with Gasteiger partial charge in [-0.15, -0.1) is 0 Å². The number of amides is 1. The van der Waals surface area contributed by atoms with Gasteiger partial charge in [0.05, 0.1) is 6.04 Å². The molecule has 106 valence electrons. The zero-order valence-corrected chi connectivity index (χ0v) is 12.3. The van der Waals surface area contributed by atoms with E-state index in [1.54, 1.807) is 42.2 Å². The number of hydrogen-bond acceptors (Lipinski definition) is 2. The van der Waals surface area contributed by atoms with E-state index in [0.29, 0.717) is 17.0 Å². The lowest BCUT2D eigenvalue weighted by Crippen LogP contribution is -2.28. The molecule has 1 heterocycles. The van der Waals surface area contributed by atoms with Crippen LogP contribution in [0.5, 0.6) is 0 Å². The van der Waals surface area contributed by atoms with Crippen molar-refractivity contribution in [1.29, 1.82) is 0 Å². The Kier molecular flexibility index (Phi) is 3.52. The van der Waals surface area contributed by atoms with Gasteiger partial charge in [0, 0.05) is 22.7 Å². The van der Waals surface area contributed by atoms with Crippen LogP contribution in [-0.2, 0) is 4.79 Å². The SMILES string of the molecule is CC(=O)CC1c2ccccc2C(=O)N1c1ccc(Cl)cc1. The van der Waals surface area contributed by atoms with E-state index in [-0.39, 0.29) is 17.7 Å². The molecule has 0 aliphatic carbocycles. The second-order valence-electron chi connectivity index (χ2n) is 5.16. The summed E-state index contributed by atoms with van der Waals surface area (Å²) in [5.74, 6) is -0.0114. The molecule has 0 fully saturated rings. The van der Waals surface area contributed by atoms with E-state index in [1.807, 2.05) is 18.2 Å². The number of carbonyl (C=O) groups excluding carboxylic acids is 2. The van der Waals surface area contributed by atoms with Crippen LogP contribution in [-0.4, -0.2) is 11.7 Å². The zero-order chi connectivity index (χ0) is 15.0. The standard InChI is InChI=1S/C17H14ClNO2/c1-11(20)10-16-14-4-2-3-5-15(14)17(21)19(16)13-8-6-12(18)7-9-13/h2-9,16H,10H2,1H3. The summed E-state index contributed by atoms with van der Waals surface area (Å²) in [6, 6.07) is 14.3. The number of anilines is 1. The van der Waals surface area contributed by atoms with E-state index in [4.69, 9.17) is 11.6 Å². The van der Waals surface area contributed by atoms with Gasteiger partial charge in [0.1, 0.15) is 5.78 Å². The molecule has 1 aliphatic heterocycles. The van der Waals surface area contributed by atoms with Crippen LogP contribution in [0.3, 0.4) is 0 Å². The summed E-state index contributed by atoms with van der Waals surface area (Å²) in [5.41, 5.74) is 2.33. The third kappa shape index (κ3) is 2.45. The van der Waals surface area contributed by atoms with Crippen molar-refractivity contribution in [2.45, 2.75) is 19.4 Å². The molecule has 3 rings (SSSR count). The second-order valence-corrected chi connectivity index (χ2v) is 5.60. The first-order valence-corrected chi connectivity index (χ1v) is 7.13. The van der Waals surface area contributed by atoms with Crippen molar-refractivity contribution in [1.82, 2.24) is 0 Å². The Morgan fingerprint density at radius 1 is 1.14 bits per heavy atom. The van der Waals surface area contributed by atoms with Gasteiger partial charge in [-0.1, -0.05) is 29.8 Å². The first kappa shape index (κ1) is 13.8. The quantitative estimate of drug-likeness (QED) is 0.858. The number of rotatable bonds is 3. The lowest BCUT2D eigenvalue weighted by molar-refractivity contribution is -0.117. The summed E-state index contributed by atoms with van der Waals surface area (Å²) in [5, 5.41) is 0.617. The van der Waals surface area contributed by atoms with Gasteiger partial charge >= 0.3 is 0 Å². The van der Waals surface area contributed by atoms with Crippen LogP contribution >= 0.6 is 11.6 Å². The number of nitrogens with zero attached hydrogens (tertiary/aromatic N) is 1. The molecular weight excluding hydrogens is 286 g/mol.